The zero-order chi connectivity index (χ0) is 13.1. The fourth-order valence-electron chi connectivity index (χ4n) is 1.71. The van der Waals surface area contributed by atoms with Gasteiger partial charge in [-0.05, 0) is 60.2 Å². The van der Waals surface area contributed by atoms with E-state index in [-0.39, 0.29) is 0 Å². The van der Waals surface area contributed by atoms with Crippen molar-refractivity contribution in [2.75, 3.05) is 0 Å². The highest BCUT2D eigenvalue weighted by atomic mass is 127. The van der Waals surface area contributed by atoms with Crippen LogP contribution < -0.4 is 4.74 Å². The van der Waals surface area contributed by atoms with Crippen molar-refractivity contribution in [1.82, 2.24) is 4.98 Å². The molecule has 0 aliphatic carbocycles. The minimum Gasteiger partial charge on any atom is -0.438 e. The van der Waals surface area contributed by atoms with Crippen molar-refractivity contribution >= 4 is 34.2 Å². The van der Waals surface area contributed by atoms with E-state index in [1.165, 1.54) is 0 Å². The predicted octanol–water partition coefficient (Wildman–Crippen LogP) is 4.83. The van der Waals surface area contributed by atoms with Gasteiger partial charge in [-0.3, -0.25) is 0 Å². The molecule has 1 aromatic carbocycles. The molecule has 0 saturated carbocycles. The number of alkyl halides is 1. The Morgan fingerprint density at radius 2 is 2.00 bits per heavy atom. The summed E-state index contributed by atoms with van der Waals surface area (Å²) in [6, 6.07) is 9.87. The third-order valence-electron chi connectivity index (χ3n) is 2.61. The molecule has 2 nitrogen and oxygen atoms in total. The Kier molecular flexibility index (Phi) is 4.45. The quantitative estimate of drug-likeness (QED) is 0.568. The van der Waals surface area contributed by atoms with Crippen LogP contribution in [0.4, 0.5) is 0 Å². The normalized spacial score (nSPS) is 10.4. The number of para-hydroxylation sites is 1. The van der Waals surface area contributed by atoms with Crippen LogP contribution in [0.15, 0.2) is 30.3 Å². The van der Waals surface area contributed by atoms with Gasteiger partial charge in [0.15, 0.2) is 0 Å². The molecule has 0 aliphatic rings. The molecule has 0 spiro atoms. The van der Waals surface area contributed by atoms with E-state index in [1.807, 2.05) is 44.2 Å². The van der Waals surface area contributed by atoms with Crippen molar-refractivity contribution in [2.24, 2.45) is 0 Å². The first-order valence-corrected chi connectivity index (χ1v) is 7.18. The number of benzene rings is 1. The van der Waals surface area contributed by atoms with Gasteiger partial charge in [0.05, 0.1) is 9.45 Å². The first kappa shape index (κ1) is 13.6. The summed E-state index contributed by atoms with van der Waals surface area (Å²) in [5, 5.41) is 0. The number of rotatable bonds is 3. The summed E-state index contributed by atoms with van der Waals surface area (Å²) < 4.78 is 6.94. The van der Waals surface area contributed by atoms with E-state index >= 15 is 0 Å². The molecule has 2 rings (SSSR count). The van der Waals surface area contributed by atoms with Crippen LogP contribution >= 0.6 is 34.2 Å². The molecule has 0 atom stereocenters. The van der Waals surface area contributed by atoms with Crippen LogP contribution in [0.25, 0.3) is 0 Å². The molecule has 0 saturated heterocycles. The first-order valence-electron chi connectivity index (χ1n) is 5.57. The molecule has 94 valence electrons. The molecule has 2 aromatic rings. The minimum absolute atomic E-state index is 0.401. The molecule has 1 aromatic heterocycles. The van der Waals surface area contributed by atoms with E-state index in [2.05, 4.69) is 27.6 Å². The highest BCUT2D eigenvalue weighted by molar-refractivity contribution is 14.1. The Labute approximate surface area is 125 Å². The van der Waals surface area contributed by atoms with Gasteiger partial charge in [0.25, 0.3) is 0 Å². The Bertz CT molecular complexity index is 572. The molecule has 0 bridgehead atoms. The summed E-state index contributed by atoms with van der Waals surface area (Å²) in [6.07, 6.45) is 0. The number of aromatic nitrogens is 1. The third-order valence-corrected chi connectivity index (χ3v) is 3.77. The number of ether oxygens (including phenoxy) is 1. The molecule has 0 amide bonds. The van der Waals surface area contributed by atoms with Gasteiger partial charge >= 0.3 is 0 Å². The average molecular weight is 374 g/mol. The SMILES string of the molecule is Cc1cc(C)c(CCl)c(Oc2ccccc2I)n1. The van der Waals surface area contributed by atoms with Crippen molar-refractivity contribution < 1.29 is 4.74 Å². The largest absolute Gasteiger partial charge is 0.438 e. The summed E-state index contributed by atoms with van der Waals surface area (Å²) in [6.45, 7) is 3.98. The van der Waals surface area contributed by atoms with E-state index in [0.29, 0.717) is 11.8 Å². The van der Waals surface area contributed by atoms with E-state index in [9.17, 15) is 0 Å². The molecule has 0 radical (unpaired) electrons. The lowest BCUT2D eigenvalue weighted by molar-refractivity contribution is 0.453. The molecule has 1 heterocycles. The Morgan fingerprint density at radius 1 is 1.28 bits per heavy atom. The molecular formula is C14H13ClINO. The van der Waals surface area contributed by atoms with Gasteiger partial charge in [0.2, 0.25) is 5.88 Å². The summed E-state index contributed by atoms with van der Waals surface area (Å²) in [4.78, 5) is 4.43. The fourth-order valence-corrected chi connectivity index (χ4v) is 2.53. The summed E-state index contributed by atoms with van der Waals surface area (Å²) in [5.41, 5.74) is 2.99. The van der Waals surface area contributed by atoms with Gasteiger partial charge in [-0.2, -0.15) is 0 Å². The van der Waals surface area contributed by atoms with E-state index < -0.39 is 0 Å². The van der Waals surface area contributed by atoms with Crippen LogP contribution in [0.1, 0.15) is 16.8 Å². The standard InChI is InChI=1S/C14H13ClINO/c1-9-7-10(2)17-14(11(9)8-15)18-13-6-4-3-5-12(13)16/h3-7H,8H2,1-2H3. The maximum Gasteiger partial charge on any atom is 0.224 e. The van der Waals surface area contributed by atoms with E-state index in [0.717, 1.165) is 26.1 Å². The average Bonchev–Trinajstić information content (AvgIpc) is 2.31. The Hall–Kier alpha value is -0.810. The number of pyridine rings is 1. The maximum absolute atomic E-state index is 5.97. The lowest BCUT2D eigenvalue weighted by atomic mass is 10.1. The topological polar surface area (TPSA) is 22.1 Å². The van der Waals surface area contributed by atoms with Crippen molar-refractivity contribution in [3.8, 4) is 11.6 Å². The fraction of sp³-hybridized carbons (Fsp3) is 0.214. The zero-order valence-electron chi connectivity index (χ0n) is 10.2. The third kappa shape index (κ3) is 2.95. The molecule has 18 heavy (non-hydrogen) atoms. The predicted molar refractivity (Wildman–Crippen MR) is 82.5 cm³/mol. The van der Waals surface area contributed by atoms with Crippen molar-refractivity contribution in [3.05, 3.63) is 50.7 Å². The van der Waals surface area contributed by atoms with Gasteiger partial charge in [0, 0.05) is 11.3 Å². The first-order chi connectivity index (χ1) is 8.61. The number of hydrogen-bond acceptors (Lipinski definition) is 2. The van der Waals surface area contributed by atoms with Crippen LogP contribution in [-0.4, -0.2) is 4.98 Å². The van der Waals surface area contributed by atoms with Crippen LogP contribution in [0, 0.1) is 17.4 Å². The second-order valence-electron chi connectivity index (χ2n) is 4.03. The monoisotopic (exact) mass is 373 g/mol. The van der Waals surface area contributed by atoms with Gasteiger partial charge in [-0.1, -0.05) is 12.1 Å². The summed E-state index contributed by atoms with van der Waals surface area (Å²) >= 11 is 8.22. The molecule has 0 fully saturated rings. The second kappa shape index (κ2) is 5.89. The van der Waals surface area contributed by atoms with Crippen molar-refractivity contribution in [2.45, 2.75) is 19.7 Å². The lowest BCUT2D eigenvalue weighted by Gasteiger charge is -2.12. The van der Waals surface area contributed by atoms with Gasteiger partial charge in [-0.15, -0.1) is 11.6 Å². The summed E-state index contributed by atoms with van der Waals surface area (Å²) in [5.74, 6) is 1.81. The maximum atomic E-state index is 5.97. The van der Waals surface area contributed by atoms with Crippen LogP contribution in [0.3, 0.4) is 0 Å². The number of hydrogen-bond donors (Lipinski definition) is 0. The molecular weight excluding hydrogens is 361 g/mol. The minimum atomic E-state index is 0.401. The van der Waals surface area contributed by atoms with Crippen LogP contribution in [0.5, 0.6) is 11.6 Å². The Balaban J connectivity index is 2.43. The zero-order valence-corrected chi connectivity index (χ0v) is 13.1. The molecule has 0 aliphatic heterocycles. The number of aryl methyl sites for hydroxylation is 2. The smallest absolute Gasteiger partial charge is 0.224 e. The van der Waals surface area contributed by atoms with Gasteiger partial charge in [0.1, 0.15) is 5.75 Å². The van der Waals surface area contributed by atoms with Crippen LogP contribution in [-0.2, 0) is 5.88 Å². The van der Waals surface area contributed by atoms with E-state index in [1.54, 1.807) is 0 Å². The van der Waals surface area contributed by atoms with Crippen LogP contribution in [0.2, 0.25) is 0 Å². The number of nitrogens with zero attached hydrogens (tertiary/aromatic N) is 1. The van der Waals surface area contributed by atoms with Crippen molar-refractivity contribution in [3.63, 3.8) is 0 Å². The Morgan fingerprint density at radius 3 is 2.67 bits per heavy atom. The lowest BCUT2D eigenvalue weighted by Crippen LogP contribution is -1.99. The number of halogens is 2. The van der Waals surface area contributed by atoms with E-state index in [4.69, 9.17) is 16.3 Å². The highest BCUT2D eigenvalue weighted by Crippen LogP contribution is 2.30. The molecule has 0 N–H and O–H groups in total. The molecule has 0 unspecified atom stereocenters. The molecule has 4 heteroatoms. The van der Waals surface area contributed by atoms with Gasteiger partial charge < -0.3 is 4.74 Å². The summed E-state index contributed by atoms with van der Waals surface area (Å²) in [7, 11) is 0. The van der Waals surface area contributed by atoms with Gasteiger partial charge in [-0.25, -0.2) is 4.98 Å². The second-order valence-corrected chi connectivity index (χ2v) is 5.46. The highest BCUT2D eigenvalue weighted by Gasteiger charge is 2.11. The van der Waals surface area contributed by atoms with Crippen molar-refractivity contribution in [1.29, 1.82) is 0 Å².